The molecule has 95 heavy (non-hydrogen) atoms. The van der Waals surface area contributed by atoms with E-state index in [1.165, 1.54) is 205 Å². The summed E-state index contributed by atoms with van der Waals surface area (Å²) in [5.41, 5.74) is 0. The minimum atomic E-state index is -0.978. The molecule has 0 radical (unpaired) electrons. The smallest absolute Gasteiger partial charge is 0.305 e. The van der Waals surface area contributed by atoms with Gasteiger partial charge in [0.05, 0.1) is 32.5 Å². The summed E-state index contributed by atoms with van der Waals surface area (Å²) in [7, 11) is 0. The van der Waals surface area contributed by atoms with Crippen molar-refractivity contribution in [1.82, 2.24) is 0 Å². The van der Waals surface area contributed by atoms with E-state index in [1.54, 1.807) is 0 Å². The van der Waals surface area contributed by atoms with E-state index in [0.29, 0.717) is 25.7 Å². The van der Waals surface area contributed by atoms with Crippen LogP contribution in [0.15, 0.2) is 24.3 Å². The van der Waals surface area contributed by atoms with Crippen molar-refractivity contribution in [2.24, 2.45) is 0 Å². The predicted molar refractivity (Wildman–Crippen MR) is 388 cm³/mol. The van der Waals surface area contributed by atoms with Crippen LogP contribution in [-0.4, -0.2) is 153 Å². The molecule has 0 bridgehead atoms. The standard InChI is InChI=1S/C21H40O5.C21H42O4.C21H40O4.C15H30O4/c1-2-3-4-11-14-19(23)15-12-9-7-5-6-8-10-13-16-21(25)26-18-20(24)17-22;2*1-2-3-4-5-6-7-8-9-10-11-12-13-14-15-16-17-21(24)25-19-20(23)18-22;1-2-3-4-5-6-7-8-9-10-11-15(18)19-13-14(17)12-16/h9,12,19-20,22-24H,2-8,10-11,13-18H2,1H3;20,22-23H,2-19H2,1H3;9-10,20,22-23H,2-8,11-19H2,1H3;14,16-17H,2-13H2,1H3/b12-9-;;10-9-;/t19-,20?;;;/m1.../s1. The van der Waals surface area contributed by atoms with Gasteiger partial charge in [-0.15, -0.1) is 0 Å². The zero-order chi connectivity index (χ0) is 71.0. The number of esters is 4. The van der Waals surface area contributed by atoms with Gasteiger partial charge in [-0.3, -0.25) is 19.2 Å². The van der Waals surface area contributed by atoms with Crippen molar-refractivity contribution in [2.45, 2.75) is 399 Å². The van der Waals surface area contributed by atoms with E-state index in [9.17, 15) is 24.3 Å². The van der Waals surface area contributed by atoms with Gasteiger partial charge >= 0.3 is 23.9 Å². The number of hydrogen-bond acceptors (Lipinski definition) is 17. The molecule has 0 aromatic heterocycles. The Hall–Kier alpha value is -3.00. The van der Waals surface area contributed by atoms with Crippen molar-refractivity contribution in [3.05, 3.63) is 24.3 Å². The molecule has 0 saturated carbocycles. The van der Waals surface area contributed by atoms with E-state index in [-0.39, 0.29) is 82.8 Å². The molecule has 0 rings (SSSR count). The van der Waals surface area contributed by atoms with Crippen LogP contribution in [0, 0.1) is 0 Å². The van der Waals surface area contributed by atoms with Crippen LogP contribution in [0.4, 0.5) is 0 Å². The summed E-state index contributed by atoms with van der Waals surface area (Å²) in [6, 6.07) is 0. The lowest BCUT2D eigenvalue weighted by atomic mass is 10.0. The normalized spacial score (nSPS) is 12.8. The summed E-state index contributed by atoms with van der Waals surface area (Å²) < 4.78 is 19.4. The highest BCUT2D eigenvalue weighted by Crippen LogP contribution is 2.17. The predicted octanol–water partition coefficient (Wildman–Crippen LogP) is 16.8. The SMILES string of the molecule is CCCCCCCC/C=C\CCCCCCCC(=O)OCC(O)CO.CCCCCCCCCCCC(=O)OCC(O)CO.CCCCCCCCCCCCCCCCCC(=O)OCC(O)CO.CCCCCC[C@@H](O)C/C=C\CCCCCCCC(=O)OCC(O)CO. The quantitative estimate of drug-likeness (QED) is 0.0118. The number of allylic oxidation sites excluding steroid dienone is 3. The van der Waals surface area contributed by atoms with Crippen molar-refractivity contribution in [3.8, 4) is 0 Å². The highest BCUT2D eigenvalue weighted by Gasteiger charge is 2.11. The molecule has 5 atom stereocenters. The Balaban J connectivity index is -0.000000585. The maximum Gasteiger partial charge on any atom is 0.305 e. The van der Waals surface area contributed by atoms with Gasteiger partial charge in [0.25, 0.3) is 0 Å². The Labute approximate surface area is 581 Å². The first-order valence-electron chi connectivity index (χ1n) is 39.0. The highest BCUT2D eigenvalue weighted by molar-refractivity contribution is 5.70. The van der Waals surface area contributed by atoms with E-state index < -0.39 is 24.4 Å². The fourth-order valence-electron chi connectivity index (χ4n) is 10.2. The Kier molecular flexibility index (Phi) is 88.3. The largest absolute Gasteiger partial charge is 0.463 e. The van der Waals surface area contributed by atoms with Gasteiger partial charge in [0.2, 0.25) is 0 Å². The van der Waals surface area contributed by atoms with Crippen LogP contribution >= 0.6 is 0 Å². The first-order chi connectivity index (χ1) is 46.2. The second kappa shape index (κ2) is 85.2. The minimum Gasteiger partial charge on any atom is -0.463 e. The molecule has 566 valence electrons. The molecular formula is C78H152O17. The lowest BCUT2D eigenvalue weighted by molar-refractivity contribution is -0.148. The number of ether oxygens (including phenoxy) is 4. The number of carbonyl (C=O) groups excluding carboxylic acids is 4. The molecule has 17 heteroatoms. The second-order valence-electron chi connectivity index (χ2n) is 26.2. The van der Waals surface area contributed by atoms with Crippen molar-refractivity contribution in [3.63, 3.8) is 0 Å². The molecule has 0 spiro atoms. The molecule has 0 heterocycles. The van der Waals surface area contributed by atoms with Crippen molar-refractivity contribution in [1.29, 1.82) is 0 Å². The topological polar surface area (TPSA) is 287 Å². The van der Waals surface area contributed by atoms with Crippen LogP contribution in [0.25, 0.3) is 0 Å². The highest BCUT2D eigenvalue weighted by atomic mass is 16.6. The van der Waals surface area contributed by atoms with Crippen LogP contribution in [-0.2, 0) is 38.1 Å². The third-order valence-corrected chi connectivity index (χ3v) is 16.4. The third-order valence-electron chi connectivity index (χ3n) is 16.4. The first-order valence-corrected chi connectivity index (χ1v) is 39.0. The Morgan fingerprint density at radius 2 is 0.442 bits per heavy atom. The average Bonchev–Trinajstić information content (AvgIpc) is 3.60. The number of hydrogen-bond donors (Lipinski definition) is 9. The molecule has 4 unspecified atom stereocenters. The fourth-order valence-corrected chi connectivity index (χ4v) is 10.2. The lowest BCUT2D eigenvalue weighted by Gasteiger charge is -2.08. The summed E-state index contributed by atoms with van der Waals surface area (Å²) in [5, 5.41) is 80.5. The van der Waals surface area contributed by atoms with Gasteiger partial charge in [0, 0.05) is 25.7 Å². The van der Waals surface area contributed by atoms with E-state index in [4.69, 9.17) is 59.8 Å². The molecule has 0 aromatic carbocycles. The molecule has 9 N–H and O–H groups in total. The molecule has 17 nitrogen and oxygen atoms in total. The van der Waals surface area contributed by atoms with Crippen molar-refractivity contribution >= 4 is 23.9 Å². The molecule has 0 aliphatic rings. The molecule has 0 aromatic rings. The minimum absolute atomic E-state index is 0.103. The van der Waals surface area contributed by atoms with Gasteiger partial charge in [-0.05, 0) is 77.0 Å². The van der Waals surface area contributed by atoms with Crippen LogP contribution in [0.2, 0.25) is 0 Å². The van der Waals surface area contributed by atoms with Crippen LogP contribution in [0.3, 0.4) is 0 Å². The second-order valence-corrected chi connectivity index (χ2v) is 26.2. The number of aliphatic hydroxyl groups is 9. The number of rotatable bonds is 68. The van der Waals surface area contributed by atoms with Crippen LogP contribution in [0.5, 0.6) is 0 Å². The molecular weight excluding hydrogens is 1210 g/mol. The van der Waals surface area contributed by atoms with Crippen LogP contribution in [0.1, 0.15) is 368 Å². The zero-order valence-corrected chi connectivity index (χ0v) is 61.6. The van der Waals surface area contributed by atoms with Crippen molar-refractivity contribution < 1.29 is 84.1 Å². The van der Waals surface area contributed by atoms with E-state index >= 15 is 0 Å². The molecule has 0 aliphatic heterocycles. The maximum atomic E-state index is 11.4. The number of carbonyl (C=O) groups is 4. The van der Waals surface area contributed by atoms with Gasteiger partial charge in [0.15, 0.2) is 0 Å². The first kappa shape index (κ1) is 98.4. The monoisotopic (exact) mass is 1360 g/mol. The van der Waals surface area contributed by atoms with E-state index in [1.807, 2.05) is 0 Å². The summed E-state index contributed by atoms with van der Waals surface area (Å²) in [4.78, 5) is 45.4. The average molecular weight is 1360 g/mol. The van der Waals surface area contributed by atoms with Gasteiger partial charge in [-0.25, -0.2) is 0 Å². The van der Waals surface area contributed by atoms with Crippen molar-refractivity contribution in [2.75, 3.05) is 52.9 Å². The van der Waals surface area contributed by atoms with Gasteiger partial charge in [0.1, 0.15) is 50.8 Å². The summed E-state index contributed by atoms with van der Waals surface area (Å²) in [6.07, 6.45) is 65.7. The van der Waals surface area contributed by atoms with E-state index in [2.05, 4.69) is 52.0 Å². The van der Waals surface area contributed by atoms with Gasteiger partial charge < -0.3 is 64.9 Å². The summed E-state index contributed by atoms with van der Waals surface area (Å²) >= 11 is 0. The summed E-state index contributed by atoms with van der Waals surface area (Å²) in [6.45, 7) is 6.98. The number of aliphatic hydroxyl groups excluding tert-OH is 9. The van der Waals surface area contributed by atoms with E-state index in [0.717, 1.165) is 109 Å². The fraction of sp³-hybridized carbons (Fsp3) is 0.897. The maximum absolute atomic E-state index is 11.4. The van der Waals surface area contributed by atoms with Crippen LogP contribution < -0.4 is 0 Å². The Morgan fingerprint density at radius 1 is 0.253 bits per heavy atom. The number of unbranched alkanes of at least 4 members (excludes halogenated alkanes) is 41. The lowest BCUT2D eigenvalue weighted by Crippen LogP contribution is -2.21. The Bertz CT molecular complexity index is 1600. The zero-order valence-electron chi connectivity index (χ0n) is 61.6. The molecule has 0 amide bonds. The third kappa shape index (κ3) is 91.0. The molecule has 0 fully saturated rings. The molecule has 0 saturated heterocycles. The van der Waals surface area contributed by atoms with Gasteiger partial charge in [-0.2, -0.15) is 0 Å². The Morgan fingerprint density at radius 3 is 0.663 bits per heavy atom. The molecule has 0 aliphatic carbocycles. The van der Waals surface area contributed by atoms with Gasteiger partial charge in [-0.1, -0.05) is 290 Å². The summed E-state index contributed by atoms with van der Waals surface area (Å²) in [5.74, 6) is -1.16.